The van der Waals surface area contributed by atoms with Crippen molar-refractivity contribution in [2.24, 2.45) is 27.7 Å². The van der Waals surface area contributed by atoms with E-state index in [1.54, 1.807) is 11.1 Å². The minimum absolute atomic E-state index is 0.103. The molecule has 314 valence electrons. The van der Waals surface area contributed by atoms with Crippen LogP contribution in [0, 0.1) is 22.7 Å². The molecule has 1 fully saturated rings. The number of hydrogen-bond donors (Lipinski definition) is 6. The maximum absolute atomic E-state index is 14.8. The van der Waals surface area contributed by atoms with Gasteiger partial charge in [-0.25, -0.2) is 4.98 Å². The Morgan fingerprint density at radius 1 is 0.965 bits per heavy atom. The first-order chi connectivity index (χ1) is 26.7. The van der Waals surface area contributed by atoms with Crippen LogP contribution in [0.1, 0.15) is 105 Å². The highest BCUT2D eigenvalue weighted by Gasteiger charge is 2.44. The van der Waals surface area contributed by atoms with Gasteiger partial charge in [0, 0.05) is 24.0 Å². The van der Waals surface area contributed by atoms with Crippen LogP contribution in [-0.2, 0) is 24.0 Å². The van der Waals surface area contributed by atoms with Gasteiger partial charge in [0.05, 0.1) is 12.1 Å². The van der Waals surface area contributed by atoms with Crippen LogP contribution in [0.25, 0.3) is 0 Å². The van der Waals surface area contributed by atoms with E-state index in [1.165, 1.54) is 11.3 Å². The lowest BCUT2D eigenvalue weighted by Gasteiger charge is -2.39. The number of amides is 5. The van der Waals surface area contributed by atoms with Crippen molar-refractivity contribution in [2.75, 3.05) is 26.7 Å². The summed E-state index contributed by atoms with van der Waals surface area (Å²) in [5.74, 6) is -2.41. The second-order valence-corrected chi connectivity index (χ2v) is 18.9. The summed E-state index contributed by atoms with van der Waals surface area (Å²) in [5, 5.41) is 21.5. The topological polar surface area (TPSA) is 186 Å². The van der Waals surface area contributed by atoms with Gasteiger partial charge >= 0.3 is 0 Å². The number of carbonyl (C=O) groups excluding carboxylic acids is 5. The molecule has 3 heterocycles. The zero-order chi connectivity index (χ0) is 42.2. The van der Waals surface area contributed by atoms with E-state index in [-0.39, 0.29) is 48.0 Å². The molecule has 2 aliphatic rings. The average molecular weight is 808 g/mol. The van der Waals surface area contributed by atoms with Crippen LogP contribution in [0.4, 0.5) is 0 Å². The summed E-state index contributed by atoms with van der Waals surface area (Å²) in [6.07, 6.45) is 2.95. The van der Waals surface area contributed by atoms with E-state index in [4.69, 9.17) is 4.99 Å². The van der Waals surface area contributed by atoms with E-state index < -0.39 is 58.8 Å². The Kier molecular flexibility index (Phi) is 15.4. The van der Waals surface area contributed by atoms with Crippen molar-refractivity contribution >= 4 is 46.7 Å². The predicted octanol–water partition coefficient (Wildman–Crippen LogP) is 3.52. The van der Waals surface area contributed by atoms with Crippen molar-refractivity contribution in [1.29, 1.82) is 0 Å². The molecule has 1 unspecified atom stereocenters. The summed E-state index contributed by atoms with van der Waals surface area (Å²) in [6, 6.07) is 4.83. The van der Waals surface area contributed by atoms with Crippen molar-refractivity contribution in [3.63, 3.8) is 0 Å². The number of aromatic nitrogens is 1. The summed E-state index contributed by atoms with van der Waals surface area (Å²) in [4.78, 5) is 81.6. The molecule has 5 amide bonds. The predicted molar refractivity (Wildman–Crippen MR) is 224 cm³/mol. The molecule has 15 heteroatoms. The Hall–Kier alpha value is -4.37. The Morgan fingerprint density at radius 2 is 1.65 bits per heavy atom. The second-order valence-electron chi connectivity index (χ2n) is 18.0. The van der Waals surface area contributed by atoms with Crippen LogP contribution in [0.5, 0.6) is 0 Å². The van der Waals surface area contributed by atoms with Crippen LogP contribution in [0.3, 0.4) is 0 Å². The van der Waals surface area contributed by atoms with Gasteiger partial charge < -0.3 is 36.8 Å². The van der Waals surface area contributed by atoms with Gasteiger partial charge in [0.15, 0.2) is 0 Å². The van der Waals surface area contributed by atoms with Gasteiger partial charge in [0.25, 0.3) is 0 Å². The molecule has 2 aromatic rings. The summed E-state index contributed by atoms with van der Waals surface area (Å²) in [7, 11) is 1.85. The third-order valence-corrected chi connectivity index (χ3v) is 11.8. The Bertz CT molecular complexity index is 1720. The van der Waals surface area contributed by atoms with Crippen LogP contribution in [0.15, 0.2) is 46.9 Å². The fraction of sp³-hybridized carbons (Fsp3) is 0.643. The Balaban J connectivity index is 1.75. The fourth-order valence-electron chi connectivity index (χ4n) is 7.43. The molecule has 57 heavy (non-hydrogen) atoms. The number of fused-ring (bicyclic) bond motifs is 1. The molecule has 6 N–H and O–H groups in total. The zero-order valence-electron chi connectivity index (χ0n) is 35.6. The summed E-state index contributed by atoms with van der Waals surface area (Å²) < 4.78 is 0. The zero-order valence-corrected chi connectivity index (χ0v) is 36.4. The monoisotopic (exact) mass is 807 g/mol. The molecule has 0 aliphatic carbocycles. The molecule has 2 aliphatic heterocycles. The summed E-state index contributed by atoms with van der Waals surface area (Å²) in [6.45, 7) is 19.8. The minimum atomic E-state index is -0.981. The number of aliphatic imine (C=N–C) groups is 1. The number of thiazole rings is 1. The van der Waals surface area contributed by atoms with Gasteiger partial charge in [-0.1, -0.05) is 99.6 Å². The van der Waals surface area contributed by atoms with Crippen molar-refractivity contribution in [3.05, 3.63) is 52.5 Å². The maximum Gasteiger partial charge on any atom is 0.244 e. The van der Waals surface area contributed by atoms with Crippen LogP contribution < -0.4 is 31.9 Å². The van der Waals surface area contributed by atoms with E-state index in [0.29, 0.717) is 25.9 Å². The Morgan fingerprint density at radius 3 is 2.23 bits per heavy atom. The first-order valence-electron chi connectivity index (χ1n) is 20.1. The first-order valence-corrected chi connectivity index (χ1v) is 21.0. The quantitative estimate of drug-likeness (QED) is 0.188. The molecule has 0 bridgehead atoms. The molecule has 1 aromatic heterocycles. The third kappa shape index (κ3) is 11.6. The molecule has 14 nitrogen and oxygen atoms in total. The summed E-state index contributed by atoms with van der Waals surface area (Å²) in [5.41, 5.74) is -0.533. The van der Waals surface area contributed by atoms with E-state index in [0.717, 1.165) is 10.6 Å². The lowest BCUT2D eigenvalue weighted by Crippen LogP contribution is -2.65. The van der Waals surface area contributed by atoms with Gasteiger partial charge in [0.1, 0.15) is 41.6 Å². The molecular formula is C42H65N9O5S. The van der Waals surface area contributed by atoms with Crippen LogP contribution >= 0.6 is 11.3 Å². The van der Waals surface area contributed by atoms with Crippen molar-refractivity contribution in [3.8, 4) is 0 Å². The largest absolute Gasteiger partial charge is 0.360 e. The number of carbonyl (C=O) groups is 5. The van der Waals surface area contributed by atoms with Crippen LogP contribution in [-0.4, -0.2) is 102 Å². The molecule has 8 atom stereocenters. The average Bonchev–Trinajstić information content (AvgIpc) is 3.82. The van der Waals surface area contributed by atoms with Gasteiger partial charge in [0.2, 0.25) is 29.5 Å². The third-order valence-electron chi connectivity index (χ3n) is 10.9. The second kappa shape index (κ2) is 19.4. The molecule has 1 saturated heterocycles. The van der Waals surface area contributed by atoms with Crippen molar-refractivity contribution in [2.45, 2.75) is 124 Å². The first kappa shape index (κ1) is 45.3. The molecule has 0 saturated carbocycles. The highest BCUT2D eigenvalue weighted by molar-refractivity contribution is 7.09. The number of benzene rings is 1. The minimum Gasteiger partial charge on any atom is -0.360 e. The number of rotatable bonds is 12. The number of amidine groups is 1. The lowest BCUT2D eigenvalue weighted by molar-refractivity contribution is -0.140. The van der Waals surface area contributed by atoms with Crippen LogP contribution in [0.2, 0.25) is 0 Å². The van der Waals surface area contributed by atoms with Gasteiger partial charge in [-0.2, -0.15) is 0 Å². The number of nitrogens with one attached hydrogen (secondary N) is 6. The van der Waals surface area contributed by atoms with E-state index in [9.17, 15) is 24.0 Å². The highest BCUT2D eigenvalue weighted by Crippen LogP contribution is 2.29. The number of nitrogens with zero attached hydrogens (tertiary/aromatic N) is 3. The van der Waals surface area contributed by atoms with E-state index in [1.807, 2.05) is 112 Å². The summed E-state index contributed by atoms with van der Waals surface area (Å²) >= 11 is 1.46. The van der Waals surface area contributed by atoms with Crippen molar-refractivity contribution in [1.82, 2.24) is 41.8 Å². The molecular weight excluding hydrogens is 743 g/mol. The van der Waals surface area contributed by atoms with Gasteiger partial charge in [-0.05, 0) is 54.7 Å². The maximum atomic E-state index is 14.8. The molecule has 0 radical (unpaired) electrons. The highest BCUT2D eigenvalue weighted by atomic mass is 32.1. The van der Waals surface area contributed by atoms with Gasteiger partial charge in [-0.3, -0.25) is 29.0 Å². The molecule has 4 rings (SSSR count). The van der Waals surface area contributed by atoms with E-state index in [2.05, 4.69) is 36.9 Å². The normalized spacial score (nSPS) is 23.1. The molecule has 1 aromatic carbocycles. The smallest absolute Gasteiger partial charge is 0.244 e. The Labute approximate surface area is 342 Å². The number of hydrogen-bond acceptors (Lipinski definition) is 10. The van der Waals surface area contributed by atoms with Gasteiger partial charge in [-0.15, -0.1) is 11.3 Å². The van der Waals surface area contributed by atoms with Crippen molar-refractivity contribution < 1.29 is 24.0 Å². The lowest BCUT2D eigenvalue weighted by atomic mass is 9.82. The SMILES string of the molecule is CNCC[C@H](NC(=O)[C@@H](NC(=O)[C@@H](NC1=NCC(=O)N2CC[C@@H](C)[C@H]2C(=O)N[C@@H](C(C)C)C(=O)N[C@H]1C(C)(C)C)C(C)(C)C)C(C)c1ccccc1)c1nccs1. The standard InChI is InChI=1S/C42H65N9O5S/c1-24(2)30-36(53)50-33(41(5,6)7)35(45-23-29(52)51-21-18-25(3)32(51)38(55)47-30)49-34(42(8,9)10)39(56)48-31(26(4)27-15-13-12-14-16-27)37(54)46-28(17-19-43-11)40-44-20-22-57-40/h12-16,20,22,24-26,28,30-34,43H,17-19,21,23H2,1-11H3,(H,45,49)(H,46,54)(H,47,55)(H,48,56)(H,50,53)/t25-,26?,28+,30+,31+,32+,33-,34-/m1/s1. The fourth-order valence-corrected chi connectivity index (χ4v) is 8.16. The molecule has 0 spiro atoms. The van der Waals surface area contributed by atoms with E-state index >= 15 is 0 Å².